The number of amides is 2. The van der Waals surface area contributed by atoms with E-state index in [1.807, 2.05) is 0 Å². The van der Waals surface area contributed by atoms with Gasteiger partial charge < -0.3 is 10.2 Å². The van der Waals surface area contributed by atoms with E-state index in [1.54, 1.807) is 0 Å². The lowest BCUT2D eigenvalue weighted by molar-refractivity contribution is -0.137. The molecule has 2 amide bonds. The number of anilines is 1. The standard InChI is InChI=1S/C19H16F5N3O2/c1-27-9-12(10-2-4-11(5-3-10)16(20)21)15(18(27)29)17(28)26-14-8-25-7-6-13(14)19(22,23)24/h2-8,12,15-16H,9H2,1H3,(H,26,28)/t12?,15-/m0/s1. The highest BCUT2D eigenvalue weighted by molar-refractivity contribution is 6.08. The normalized spacial score (nSPS) is 19.7. The molecule has 2 heterocycles. The Kier molecular flexibility index (Phi) is 5.54. The minimum Gasteiger partial charge on any atom is -0.344 e. The van der Waals surface area contributed by atoms with Gasteiger partial charge in [0.05, 0.1) is 17.4 Å². The summed E-state index contributed by atoms with van der Waals surface area (Å²) in [6, 6.07) is 5.90. The Morgan fingerprint density at radius 2 is 1.86 bits per heavy atom. The van der Waals surface area contributed by atoms with Gasteiger partial charge in [0.2, 0.25) is 11.8 Å². The summed E-state index contributed by atoms with van der Waals surface area (Å²) in [4.78, 5) is 30.1. The van der Waals surface area contributed by atoms with Crippen molar-refractivity contribution < 1.29 is 31.5 Å². The molecule has 0 bridgehead atoms. The first-order chi connectivity index (χ1) is 13.6. The molecule has 154 valence electrons. The van der Waals surface area contributed by atoms with Crippen LogP contribution in [0, 0.1) is 5.92 Å². The number of hydrogen-bond acceptors (Lipinski definition) is 3. The van der Waals surface area contributed by atoms with Gasteiger partial charge in [-0.1, -0.05) is 24.3 Å². The van der Waals surface area contributed by atoms with Gasteiger partial charge in [0, 0.05) is 31.3 Å². The van der Waals surface area contributed by atoms with E-state index >= 15 is 0 Å². The molecule has 10 heteroatoms. The summed E-state index contributed by atoms with van der Waals surface area (Å²) < 4.78 is 64.9. The van der Waals surface area contributed by atoms with Crippen molar-refractivity contribution in [1.29, 1.82) is 0 Å². The number of carbonyl (C=O) groups is 2. The van der Waals surface area contributed by atoms with E-state index in [0.717, 1.165) is 18.5 Å². The van der Waals surface area contributed by atoms with Crippen molar-refractivity contribution in [2.24, 2.45) is 5.92 Å². The number of hydrogen-bond donors (Lipinski definition) is 1. The summed E-state index contributed by atoms with van der Waals surface area (Å²) in [5, 5.41) is 2.15. The average Bonchev–Trinajstić information content (AvgIpc) is 2.96. The number of carbonyl (C=O) groups excluding carboxylic acids is 2. The molecule has 1 aliphatic rings. The predicted octanol–water partition coefficient (Wildman–Crippen LogP) is 3.85. The number of alkyl halides is 5. The Bertz CT molecular complexity index is 915. The van der Waals surface area contributed by atoms with Crippen LogP contribution in [0.3, 0.4) is 0 Å². The Balaban J connectivity index is 1.89. The summed E-state index contributed by atoms with van der Waals surface area (Å²) >= 11 is 0. The topological polar surface area (TPSA) is 62.3 Å². The number of aromatic nitrogens is 1. The van der Waals surface area contributed by atoms with E-state index in [4.69, 9.17) is 0 Å². The Morgan fingerprint density at radius 3 is 2.45 bits per heavy atom. The second kappa shape index (κ2) is 7.76. The lowest BCUT2D eigenvalue weighted by Gasteiger charge is -2.19. The van der Waals surface area contributed by atoms with Crippen LogP contribution in [0.25, 0.3) is 0 Å². The van der Waals surface area contributed by atoms with Crippen LogP contribution in [0.4, 0.5) is 27.6 Å². The molecule has 0 saturated carbocycles. The predicted molar refractivity (Wildman–Crippen MR) is 93.1 cm³/mol. The summed E-state index contributed by atoms with van der Waals surface area (Å²) in [6.45, 7) is 0.129. The fourth-order valence-corrected chi connectivity index (χ4v) is 3.33. The number of halogens is 5. The van der Waals surface area contributed by atoms with E-state index in [1.165, 1.54) is 36.2 Å². The molecule has 1 aliphatic heterocycles. The molecular formula is C19H16F5N3O2. The van der Waals surface area contributed by atoms with Crippen molar-refractivity contribution in [2.45, 2.75) is 18.5 Å². The van der Waals surface area contributed by atoms with Gasteiger partial charge in [-0.3, -0.25) is 14.6 Å². The van der Waals surface area contributed by atoms with E-state index in [0.29, 0.717) is 5.56 Å². The number of rotatable bonds is 4. The first-order valence-corrected chi connectivity index (χ1v) is 8.54. The lowest BCUT2D eigenvalue weighted by Crippen LogP contribution is -2.33. The number of likely N-dealkylation sites (tertiary alicyclic amines) is 1. The highest BCUT2D eigenvalue weighted by Gasteiger charge is 2.45. The lowest BCUT2D eigenvalue weighted by atomic mass is 9.87. The molecule has 2 atom stereocenters. The molecule has 1 aromatic carbocycles. The van der Waals surface area contributed by atoms with Crippen molar-refractivity contribution >= 4 is 17.5 Å². The molecule has 1 N–H and O–H groups in total. The third-order valence-corrected chi connectivity index (χ3v) is 4.80. The highest BCUT2D eigenvalue weighted by atomic mass is 19.4. The van der Waals surface area contributed by atoms with Gasteiger partial charge in [0.15, 0.2) is 0 Å². The molecular weight excluding hydrogens is 397 g/mol. The van der Waals surface area contributed by atoms with Crippen LogP contribution in [-0.4, -0.2) is 35.3 Å². The third kappa shape index (κ3) is 4.20. The molecule has 1 saturated heterocycles. The summed E-state index contributed by atoms with van der Waals surface area (Å²) in [5.41, 5.74) is -1.39. The number of nitrogens with one attached hydrogen (secondary N) is 1. The minimum atomic E-state index is -4.72. The first-order valence-electron chi connectivity index (χ1n) is 8.54. The van der Waals surface area contributed by atoms with Gasteiger partial charge in [-0.05, 0) is 11.6 Å². The van der Waals surface area contributed by atoms with Crippen LogP contribution in [0.2, 0.25) is 0 Å². The maximum Gasteiger partial charge on any atom is 0.418 e. The van der Waals surface area contributed by atoms with Crippen LogP contribution in [0.5, 0.6) is 0 Å². The van der Waals surface area contributed by atoms with E-state index in [-0.39, 0.29) is 12.1 Å². The second-order valence-corrected chi connectivity index (χ2v) is 6.68. The number of likely N-dealkylation sites (N-methyl/N-ethyl adjacent to an activating group) is 1. The molecule has 2 aromatic rings. The average molecular weight is 413 g/mol. The molecule has 1 aromatic heterocycles. The van der Waals surface area contributed by atoms with Crippen LogP contribution < -0.4 is 5.32 Å². The van der Waals surface area contributed by atoms with Crippen LogP contribution in [0.15, 0.2) is 42.7 Å². The molecule has 5 nitrogen and oxygen atoms in total. The zero-order chi connectivity index (χ0) is 21.3. The molecule has 0 radical (unpaired) electrons. The smallest absolute Gasteiger partial charge is 0.344 e. The molecule has 0 aliphatic carbocycles. The maximum atomic E-state index is 13.1. The van der Waals surface area contributed by atoms with Crippen molar-refractivity contribution in [3.63, 3.8) is 0 Å². The summed E-state index contributed by atoms with van der Waals surface area (Å²) in [7, 11) is 1.46. The van der Waals surface area contributed by atoms with Gasteiger partial charge in [-0.15, -0.1) is 0 Å². The van der Waals surface area contributed by atoms with Gasteiger partial charge >= 0.3 is 6.18 Å². The minimum absolute atomic E-state index is 0.129. The number of benzene rings is 1. The molecule has 1 unspecified atom stereocenters. The quantitative estimate of drug-likeness (QED) is 0.612. The van der Waals surface area contributed by atoms with Gasteiger partial charge in [-0.25, -0.2) is 8.78 Å². The highest BCUT2D eigenvalue weighted by Crippen LogP contribution is 2.37. The second-order valence-electron chi connectivity index (χ2n) is 6.68. The van der Waals surface area contributed by atoms with Crippen molar-refractivity contribution in [3.8, 4) is 0 Å². The molecule has 1 fully saturated rings. The fraction of sp³-hybridized carbons (Fsp3) is 0.316. The SMILES string of the molecule is CN1CC(c2ccc(C(F)F)cc2)[C@@H](C(=O)Nc2cnccc2C(F)(F)F)C1=O. The van der Waals surface area contributed by atoms with Gasteiger partial charge in [-0.2, -0.15) is 13.2 Å². The molecule has 0 spiro atoms. The fourth-order valence-electron chi connectivity index (χ4n) is 3.33. The number of nitrogens with zero attached hydrogens (tertiary/aromatic N) is 2. The largest absolute Gasteiger partial charge is 0.418 e. The zero-order valence-electron chi connectivity index (χ0n) is 15.1. The van der Waals surface area contributed by atoms with E-state index < -0.39 is 47.5 Å². The third-order valence-electron chi connectivity index (χ3n) is 4.80. The van der Waals surface area contributed by atoms with Gasteiger partial charge in [0.25, 0.3) is 6.43 Å². The Morgan fingerprint density at radius 1 is 1.21 bits per heavy atom. The molecule has 29 heavy (non-hydrogen) atoms. The maximum absolute atomic E-state index is 13.1. The monoisotopic (exact) mass is 413 g/mol. The van der Waals surface area contributed by atoms with Crippen molar-refractivity contribution in [3.05, 3.63) is 59.4 Å². The molecule has 3 rings (SSSR count). The summed E-state index contributed by atoms with van der Waals surface area (Å²) in [5.74, 6) is -3.47. The number of pyridine rings is 1. The van der Waals surface area contributed by atoms with E-state index in [2.05, 4.69) is 10.3 Å². The van der Waals surface area contributed by atoms with Crippen LogP contribution >= 0.6 is 0 Å². The Labute approximate surface area is 162 Å². The first kappa shape index (κ1) is 20.7. The summed E-state index contributed by atoms with van der Waals surface area (Å²) in [6.07, 6.45) is -5.58. The zero-order valence-corrected chi connectivity index (χ0v) is 15.1. The van der Waals surface area contributed by atoms with Crippen LogP contribution in [-0.2, 0) is 15.8 Å². The van der Waals surface area contributed by atoms with Crippen molar-refractivity contribution in [1.82, 2.24) is 9.88 Å². The van der Waals surface area contributed by atoms with Crippen LogP contribution in [0.1, 0.15) is 29.0 Å². The van der Waals surface area contributed by atoms with Gasteiger partial charge in [0.1, 0.15) is 5.92 Å². The van der Waals surface area contributed by atoms with E-state index in [9.17, 15) is 31.5 Å². The van der Waals surface area contributed by atoms with Crippen molar-refractivity contribution in [2.75, 3.05) is 18.9 Å². The Hall–Kier alpha value is -3.04.